The van der Waals surface area contributed by atoms with Crippen molar-refractivity contribution in [2.75, 3.05) is 17.6 Å². The van der Waals surface area contributed by atoms with Gasteiger partial charge in [0.25, 0.3) is 0 Å². The van der Waals surface area contributed by atoms with Crippen molar-refractivity contribution in [1.29, 1.82) is 0 Å². The molecule has 22 heavy (non-hydrogen) atoms. The number of rotatable bonds is 3. The number of nitrogens with zero attached hydrogens (tertiary/aromatic N) is 3. The first-order valence-electron chi connectivity index (χ1n) is 7.29. The second-order valence-corrected chi connectivity index (χ2v) is 5.52. The fourth-order valence-electron chi connectivity index (χ4n) is 2.72. The van der Waals surface area contributed by atoms with Gasteiger partial charge in [0, 0.05) is 37.8 Å². The molecule has 0 atom stereocenters. The van der Waals surface area contributed by atoms with E-state index in [1.165, 1.54) is 18.8 Å². The topological polar surface area (TPSA) is 84.1 Å². The van der Waals surface area contributed by atoms with Crippen LogP contribution in [0.15, 0.2) is 30.6 Å². The number of nitrogens with one attached hydrogen (secondary N) is 1. The summed E-state index contributed by atoms with van der Waals surface area (Å²) in [4.78, 5) is 21.7. The van der Waals surface area contributed by atoms with Crippen LogP contribution in [0.3, 0.4) is 0 Å². The molecule has 6 nitrogen and oxygen atoms in total. The Bertz CT molecular complexity index is 683. The normalized spacial score (nSPS) is 14.4. The van der Waals surface area contributed by atoms with Crippen LogP contribution in [0.1, 0.15) is 23.7 Å². The van der Waals surface area contributed by atoms with Crippen LogP contribution >= 0.6 is 0 Å². The van der Waals surface area contributed by atoms with E-state index in [1.807, 2.05) is 24.3 Å². The van der Waals surface area contributed by atoms with Crippen molar-refractivity contribution in [1.82, 2.24) is 14.9 Å². The Morgan fingerprint density at radius 1 is 1.32 bits per heavy atom. The SMILES string of the molecule is CC(=O)Nc1ccc(CN2CCc3c(N)ncnc3C2)cc1. The Labute approximate surface area is 129 Å². The molecule has 0 spiro atoms. The molecule has 0 saturated heterocycles. The highest BCUT2D eigenvalue weighted by atomic mass is 16.1. The number of benzene rings is 1. The Morgan fingerprint density at radius 3 is 2.82 bits per heavy atom. The summed E-state index contributed by atoms with van der Waals surface area (Å²) in [5, 5.41) is 2.77. The number of amides is 1. The van der Waals surface area contributed by atoms with E-state index in [0.29, 0.717) is 5.82 Å². The molecule has 2 aromatic rings. The third-order valence-corrected chi connectivity index (χ3v) is 3.80. The molecule has 0 bridgehead atoms. The quantitative estimate of drug-likeness (QED) is 0.898. The van der Waals surface area contributed by atoms with Crippen LogP contribution in [0.4, 0.5) is 11.5 Å². The number of hydrogen-bond acceptors (Lipinski definition) is 5. The van der Waals surface area contributed by atoms with Gasteiger partial charge in [0.2, 0.25) is 5.91 Å². The number of carbonyl (C=O) groups is 1. The standard InChI is InChI=1S/C16H19N5O/c1-11(22)20-13-4-2-12(3-5-13)8-21-7-6-14-15(9-21)18-10-19-16(14)17/h2-5,10H,6-9H2,1H3,(H,20,22)(H2,17,18,19). The van der Waals surface area contributed by atoms with Gasteiger partial charge in [-0.1, -0.05) is 12.1 Å². The molecule has 2 heterocycles. The lowest BCUT2D eigenvalue weighted by atomic mass is 10.0. The van der Waals surface area contributed by atoms with Crippen LogP contribution in [0.25, 0.3) is 0 Å². The molecule has 0 fully saturated rings. The van der Waals surface area contributed by atoms with Crippen LogP contribution in [-0.2, 0) is 24.3 Å². The number of hydrogen-bond donors (Lipinski definition) is 2. The summed E-state index contributed by atoms with van der Waals surface area (Å²) in [5.41, 5.74) is 10.0. The predicted molar refractivity (Wildman–Crippen MR) is 85.0 cm³/mol. The number of aromatic nitrogens is 2. The van der Waals surface area contributed by atoms with Gasteiger partial charge in [-0.05, 0) is 24.1 Å². The zero-order valence-corrected chi connectivity index (χ0v) is 12.5. The van der Waals surface area contributed by atoms with Crippen LogP contribution < -0.4 is 11.1 Å². The van der Waals surface area contributed by atoms with Crippen molar-refractivity contribution in [3.63, 3.8) is 0 Å². The van der Waals surface area contributed by atoms with Crippen molar-refractivity contribution < 1.29 is 4.79 Å². The summed E-state index contributed by atoms with van der Waals surface area (Å²) < 4.78 is 0. The van der Waals surface area contributed by atoms with E-state index in [-0.39, 0.29) is 5.91 Å². The van der Waals surface area contributed by atoms with Gasteiger partial charge in [-0.15, -0.1) is 0 Å². The highest BCUT2D eigenvalue weighted by molar-refractivity contribution is 5.88. The lowest BCUT2D eigenvalue weighted by molar-refractivity contribution is -0.114. The van der Waals surface area contributed by atoms with E-state index < -0.39 is 0 Å². The summed E-state index contributed by atoms with van der Waals surface area (Å²) in [6.07, 6.45) is 2.41. The van der Waals surface area contributed by atoms with Crippen LogP contribution in [0.2, 0.25) is 0 Å². The number of nitrogen functional groups attached to an aromatic ring is 1. The molecule has 0 saturated carbocycles. The first-order valence-corrected chi connectivity index (χ1v) is 7.29. The van der Waals surface area contributed by atoms with Gasteiger partial charge in [-0.25, -0.2) is 9.97 Å². The molecular formula is C16H19N5O. The molecule has 3 rings (SSSR count). The molecular weight excluding hydrogens is 278 g/mol. The molecule has 1 aliphatic heterocycles. The van der Waals surface area contributed by atoms with E-state index in [0.717, 1.165) is 43.0 Å². The number of anilines is 2. The van der Waals surface area contributed by atoms with Crippen molar-refractivity contribution in [2.45, 2.75) is 26.4 Å². The molecule has 114 valence electrons. The van der Waals surface area contributed by atoms with E-state index in [9.17, 15) is 4.79 Å². The molecule has 1 aliphatic rings. The van der Waals surface area contributed by atoms with E-state index in [4.69, 9.17) is 5.73 Å². The summed E-state index contributed by atoms with van der Waals surface area (Å²) in [7, 11) is 0. The van der Waals surface area contributed by atoms with Crippen LogP contribution in [0.5, 0.6) is 0 Å². The fourth-order valence-corrected chi connectivity index (χ4v) is 2.72. The maximum absolute atomic E-state index is 11.0. The Morgan fingerprint density at radius 2 is 2.09 bits per heavy atom. The zero-order valence-electron chi connectivity index (χ0n) is 12.5. The van der Waals surface area contributed by atoms with E-state index in [1.54, 1.807) is 0 Å². The first kappa shape index (κ1) is 14.5. The van der Waals surface area contributed by atoms with Gasteiger partial charge < -0.3 is 11.1 Å². The lowest BCUT2D eigenvalue weighted by Crippen LogP contribution is -2.31. The van der Waals surface area contributed by atoms with Gasteiger partial charge in [-0.3, -0.25) is 9.69 Å². The monoisotopic (exact) mass is 297 g/mol. The number of carbonyl (C=O) groups excluding carboxylic acids is 1. The minimum atomic E-state index is -0.0577. The molecule has 1 aromatic heterocycles. The highest BCUT2D eigenvalue weighted by Gasteiger charge is 2.19. The maximum Gasteiger partial charge on any atom is 0.221 e. The smallest absolute Gasteiger partial charge is 0.221 e. The van der Waals surface area contributed by atoms with Gasteiger partial charge in [0.15, 0.2) is 0 Å². The molecule has 6 heteroatoms. The molecule has 3 N–H and O–H groups in total. The Hall–Kier alpha value is -2.47. The first-order chi connectivity index (χ1) is 10.6. The molecule has 0 aliphatic carbocycles. The third kappa shape index (κ3) is 3.23. The molecule has 0 radical (unpaired) electrons. The third-order valence-electron chi connectivity index (χ3n) is 3.80. The van der Waals surface area contributed by atoms with Gasteiger partial charge >= 0.3 is 0 Å². The van der Waals surface area contributed by atoms with Gasteiger partial charge in [-0.2, -0.15) is 0 Å². The Kier molecular flexibility index (Phi) is 4.02. The second-order valence-electron chi connectivity index (χ2n) is 5.52. The second kappa shape index (κ2) is 6.11. The molecule has 0 unspecified atom stereocenters. The Balaban J connectivity index is 1.66. The fraction of sp³-hybridized carbons (Fsp3) is 0.312. The lowest BCUT2D eigenvalue weighted by Gasteiger charge is -2.28. The van der Waals surface area contributed by atoms with Crippen LogP contribution in [0, 0.1) is 0 Å². The summed E-state index contributed by atoms with van der Waals surface area (Å²) in [6.45, 7) is 4.09. The van der Waals surface area contributed by atoms with Gasteiger partial charge in [0.05, 0.1) is 5.69 Å². The largest absolute Gasteiger partial charge is 0.383 e. The molecule has 1 aromatic carbocycles. The molecule has 1 amide bonds. The predicted octanol–water partition coefficient (Wildman–Crippen LogP) is 1.58. The van der Waals surface area contributed by atoms with Gasteiger partial charge in [0.1, 0.15) is 12.1 Å². The average molecular weight is 297 g/mol. The van der Waals surface area contributed by atoms with Crippen molar-refractivity contribution in [3.05, 3.63) is 47.4 Å². The van der Waals surface area contributed by atoms with Crippen molar-refractivity contribution >= 4 is 17.4 Å². The number of nitrogens with two attached hydrogens (primary N) is 1. The van der Waals surface area contributed by atoms with Crippen molar-refractivity contribution in [2.24, 2.45) is 0 Å². The van der Waals surface area contributed by atoms with E-state index in [2.05, 4.69) is 20.2 Å². The maximum atomic E-state index is 11.0. The summed E-state index contributed by atoms with van der Waals surface area (Å²) in [5.74, 6) is 0.543. The minimum absolute atomic E-state index is 0.0577. The number of fused-ring (bicyclic) bond motifs is 1. The summed E-state index contributed by atoms with van der Waals surface area (Å²) >= 11 is 0. The summed E-state index contributed by atoms with van der Waals surface area (Å²) in [6, 6.07) is 7.92. The van der Waals surface area contributed by atoms with Crippen LogP contribution in [-0.4, -0.2) is 27.3 Å². The zero-order chi connectivity index (χ0) is 15.5. The van der Waals surface area contributed by atoms with E-state index >= 15 is 0 Å². The highest BCUT2D eigenvalue weighted by Crippen LogP contribution is 2.22. The average Bonchev–Trinajstić information content (AvgIpc) is 2.49. The van der Waals surface area contributed by atoms with Crippen molar-refractivity contribution in [3.8, 4) is 0 Å². The minimum Gasteiger partial charge on any atom is -0.383 e.